The Labute approximate surface area is 209 Å². The Hall–Kier alpha value is -4.48. The number of rotatable bonds is 5. The van der Waals surface area contributed by atoms with E-state index in [2.05, 4.69) is 15.7 Å². The summed E-state index contributed by atoms with van der Waals surface area (Å²) in [5.74, 6) is 0.140. The van der Waals surface area contributed by atoms with Gasteiger partial charge in [-0.15, -0.1) is 0 Å². The summed E-state index contributed by atoms with van der Waals surface area (Å²) in [6.07, 6.45) is 9.01. The van der Waals surface area contributed by atoms with Crippen molar-refractivity contribution in [2.24, 2.45) is 4.99 Å². The lowest BCUT2D eigenvalue weighted by molar-refractivity contribution is -0.125. The number of aromatic nitrogens is 2. The fraction of sp³-hybridized carbons (Fsp3) is 0.172. The Morgan fingerprint density at radius 2 is 1.92 bits per heavy atom. The topological polar surface area (TPSA) is 59.7 Å². The molecule has 1 aromatic heterocycles. The summed E-state index contributed by atoms with van der Waals surface area (Å²) in [4.78, 5) is 24.3. The number of likely N-dealkylation sites (tertiary alicyclic amines) is 1. The number of nitrogens with zero attached hydrogens (tertiary/aromatic N) is 4. The van der Waals surface area contributed by atoms with Crippen molar-refractivity contribution >= 4 is 17.7 Å². The number of methoxy groups -OCH3 is 1. The predicted octanol–water partition coefficient (Wildman–Crippen LogP) is 5.71. The fourth-order valence-electron chi connectivity index (χ4n) is 4.38. The van der Waals surface area contributed by atoms with E-state index >= 15 is 0 Å². The summed E-state index contributed by atoms with van der Waals surface area (Å²) in [6.45, 7) is 5.75. The number of amides is 1. The van der Waals surface area contributed by atoms with Gasteiger partial charge in [-0.25, -0.2) is 9.37 Å². The average Bonchev–Trinajstić information content (AvgIpc) is 3.33. The van der Waals surface area contributed by atoms with Crippen LogP contribution in [-0.2, 0) is 4.79 Å². The van der Waals surface area contributed by atoms with Gasteiger partial charge in [0.25, 0.3) is 5.91 Å². The molecule has 1 atom stereocenters. The van der Waals surface area contributed by atoms with Gasteiger partial charge in [-0.3, -0.25) is 14.7 Å². The third kappa shape index (κ3) is 4.21. The van der Waals surface area contributed by atoms with E-state index < -0.39 is 0 Å². The van der Waals surface area contributed by atoms with Gasteiger partial charge >= 0.3 is 0 Å². The first-order chi connectivity index (χ1) is 17.4. The lowest BCUT2D eigenvalue weighted by Crippen LogP contribution is -2.27. The van der Waals surface area contributed by atoms with Crippen LogP contribution < -0.4 is 4.74 Å². The van der Waals surface area contributed by atoms with E-state index in [1.807, 2.05) is 61.9 Å². The predicted molar refractivity (Wildman–Crippen MR) is 137 cm³/mol. The van der Waals surface area contributed by atoms with E-state index in [1.165, 1.54) is 12.1 Å². The van der Waals surface area contributed by atoms with Crippen LogP contribution in [0.15, 0.2) is 94.8 Å². The van der Waals surface area contributed by atoms with Gasteiger partial charge in [0.05, 0.1) is 36.4 Å². The number of hydrogen-bond acceptors (Lipinski definition) is 4. The fourth-order valence-corrected chi connectivity index (χ4v) is 4.38. The SMILES string of the molecule is COc1cc(/C=C2/C(=O)N(C(C)c3ccc(F)cc3)C3=C=C(C)C=CN=C32)ccc1-n1cnc(C)c1. The molecular weight excluding hydrogens is 455 g/mol. The maximum atomic E-state index is 13.8. The summed E-state index contributed by atoms with van der Waals surface area (Å²) in [6, 6.07) is 11.6. The highest BCUT2D eigenvalue weighted by atomic mass is 19.1. The smallest absolute Gasteiger partial charge is 0.261 e. The monoisotopic (exact) mass is 480 g/mol. The van der Waals surface area contributed by atoms with Gasteiger partial charge in [0.1, 0.15) is 23.0 Å². The summed E-state index contributed by atoms with van der Waals surface area (Å²) < 4.78 is 21.1. The van der Waals surface area contributed by atoms with Crippen molar-refractivity contribution in [3.8, 4) is 11.4 Å². The Morgan fingerprint density at radius 3 is 2.61 bits per heavy atom. The van der Waals surface area contributed by atoms with Crippen molar-refractivity contribution in [1.29, 1.82) is 0 Å². The third-order valence-corrected chi connectivity index (χ3v) is 6.26. The number of aliphatic imine (C=N–C) groups is 1. The van der Waals surface area contributed by atoms with Crippen LogP contribution in [0.25, 0.3) is 11.8 Å². The van der Waals surface area contributed by atoms with Gasteiger partial charge in [0.2, 0.25) is 0 Å². The number of halogens is 1. The second-order valence-electron chi connectivity index (χ2n) is 8.76. The number of allylic oxidation sites excluding steroid dienone is 2. The molecule has 1 fully saturated rings. The number of ether oxygens (including phenoxy) is 1. The molecule has 0 saturated carbocycles. The lowest BCUT2D eigenvalue weighted by atomic mass is 10.1. The molecule has 0 radical (unpaired) electrons. The van der Waals surface area contributed by atoms with Crippen LogP contribution >= 0.6 is 0 Å². The van der Waals surface area contributed by atoms with Crippen LogP contribution in [-0.4, -0.2) is 33.2 Å². The second kappa shape index (κ2) is 9.29. The summed E-state index contributed by atoms with van der Waals surface area (Å²) >= 11 is 0. The molecule has 7 heteroatoms. The van der Waals surface area contributed by atoms with E-state index in [0.29, 0.717) is 22.7 Å². The number of aryl methyl sites for hydroxylation is 1. The van der Waals surface area contributed by atoms with Gasteiger partial charge in [-0.2, -0.15) is 0 Å². The Bertz CT molecular complexity index is 1520. The average molecular weight is 481 g/mol. The molecule has 0 N–H and O–H groups in total. The molecule has 36 heavy (non-hydrogen) atoms. The second-order valence-corrected chi connectivity index (χ2v) is 8.76. The number of imidazole rings is 1. The van der Waals surface area contributed by atoms with Crippen LogP contribution in [0.2, 0.25) is 0 Å². The van der Waals surface area contributed by atoms with E-state index in [0.717, 1.165) is 28.1 Å². The molecule has 1 amide bonds. The molecule has 1 saturated heterocycles. The van der Waals surface area contributed by atoms with Crippen molar-refractivity contribution in [3.05, 3.63) is 112 Å². The minimum atomic E-state index is -0.344. The van der Waals surface area contributed by atoms with Crippen LogP contribution in [0.3, 0.4) is 0 Å². The minimum Gasteiger partial charge on any atom is -0.495 e. The Morgan fingerprint density at radius 1 is 1.14 bits per heavy atom. The first-order valence-electron chi connectivity index (χ1n) is 11.6. The minimum absolute atomic E-state index is 0.190. The van der Waals surface area contributed by atoms with E-state index in [9.17, 15) is 9.18 Å². The Kier molecular flexibility index (Phi) is 6.00. The van der Waals surface area contributed by atoms with Crippen molar-refractivity contribution in [1.82, 2.24) is 14.5 Å². The molecule has 2 aromatic carbocycles. The highest BCUT2D eigenvalue weighted by molar-refractivity contribution is 6.36. The van der Waals surface area contributed by atoms with E-state index in [-0.39, 0.29) is 17.8 Å². The Balaban J connectivity index is 1.59. The summed E-state index contributed by atoms with van der Waals surface area (Å²) in [5.41, 5.74) is 9.15. The van der Waals surface area contributed by atoms with Gasteiger partial charge in [-0.1, -0.05) is 23.9 Å². The number of carbonyl (C=O) groups is 1. The van der Waals surface area contributed by atoms with Crippen molar-refractivity contribution < 1.29 is 13.9 Å². The van der Waals surface area contributed by atoms with Gasteiger partial charge in [-0.05, 0) is 73.9 Å². The summed E-state index contributed by atoms with van der Waals surface area (Å²) in [5, 5.41) is 0. The number of hydrogen-bond donors (Lipinski definition) is 0. The number of carbonyl (C=O) groups excluding carboxylic acids is 1. The standard InChI is InChI=1S/C29H25FN4O2/c1-18-11-12-31-28-24(14-21-5-10-25(27(15-21)36-4)33-16-19(2)32-17-33)29(35)34(26(28)13-18)20(3)22-6-8-23(30)9-7-22/h5-12,14-17,20H,1-4H3/b24-14+. The summed E-state index contributed by atoms with van der Waals surface area (Å²) in [7, 11) is 1.61. The molecule has 3 heterocycles. The van der Waals surface area contributed by atoms with Crippen molar-refractivity contribution in [2.45, 2.75) is 26.8 Å². The molecule has 3 aromatic rings. The molecule has 0 aliphatic carbocycles. The molecule has 2 aliphatic rings. The molecule has 0 bridgehead atoms. The van der Waals surface area contributed by atoms with Gasteiger partial charge in [0.15, 0.2) is 0 Å². The quantitative estimate of drug-likeness (QED) is 0.347. The zero-order chi connectivity index (χ0) is 25.4. The highest BCUT2D eigenvalue weighted by Gasteiger charge is 2.40. The largest absolute Gasteiger partial charge is 0.495 e. The third-order valence-electron chi connectivity index (χ3n) is 6.26. The van der Waals surface area contributed by atoms with Crippen LogP contribution in [0.5, 0.6) is 5.75 Å². The zero-order valence-electron chi connectivity index (χ0n) is 20.5. The van der Waals surface area contributed by atoms with Crippen molar-refractivity contribution in [2.75, 3.05) is 7.11 Å². The van der Waals surface area contributed by atoms with E-state index in [4.69, 9.17) is 4.74 Å². The molecule has 2 aliphatic heterocycles. The molecule has 5 rings (SSSR count). The first-order valence-corrected chi connectivity index (χ1v) is 11.6. The maximum absolute atomic E-state index is 13.8. The molecule has 180 valence electrons. The molecular formula is C29H25FN4O2. The normalized spacial score (nSPS) is 16.9. The first kappa shape index (κ1) is 23.3. The zero-order valence-corrected chi connectivity index (χ0v) is 20.5. The lowest BCUT2D eigenvalue weighted by Gasteiger charge is -2.24. The number of fused-ring (bicyclic) bond motifs is 1. The van der Waals surface area contributed by atoms with Gasteiger partial charge < -0.3 is 9.30 Å². The number of benzene rings is 2. The van der Waals surface area contributed by atoms with Crippen LogP contribution in [0.4, 0.5) is 4.39 Å². The van der Waals surface area contributed by atoms with E-state index in [1.54, 1.807) is 36.7 Å². The highest BCUT2D eigenvalue weighted by Crippen LogP contribution is 2.36. The molecule has 6 nitrogen and oxygen atoms in total. The van der Waals surface area contributed by atoms with Crippen LogP contribution in [0.1, 0.15) is 36.7 Å². The van der Waals surface area contributed by atoms with Crippen molar-refractivity contribution in [3.63, 3.8) is 0 Å². The van der Waals surface area contributed by atoms with Gasteiger partial charge in [0, 0.05) is 12.4 Å². The molecule has 0 spiro atoms. The molecule has 1 unspecified atom stereocenters. The maximum Gasteiger partial charge on any atom is 0.261 e. The van der Waals surface area contributed by atoms with Crippen LogP contribution in [0, 0.1) is 12.7 Å².